The number of piperazine rings is 1. The number of carbonyl (C=O) groups excluding carboxylic acids is 1. The number of amides is 1. The van der Waals surface area contributed by atoms with Crippen LogP contribution in [-0.2, 0) is 4.74 Å². The van der Waals surface area contributed by atoms with Crippen molar-refractivity contribution in [1.29, 1.82) is 0 Å². The van der Waals surface area contributed by atoms with Crippen LogP contribution in [0.15, 0.2) is 30.3 Å². The van der Waals surface area contributed by atoms with Gasteiger partial charge in [0.15, 0.2) is 6.23 Å². The number of anilines is 1. The minimum atomic E-state index is -0.350. The van der Waals surface area contributed by atoms with E-state index >= 15 is 0 Å². The van der Waals surface area contributed by atoms with Crippen molar-refractivity contribution < 1.29 is 9.53 Å². The van der Waals surface area contributed by atoms with Crippen LogP contribution in [0.1, 0.15) is 12.8 Å². The molecule has 2 aliphatic rings. The van der Waals surface area contributed by atoms with Crippen LogP contribution in [0.4, 0.5) is 10.5 Å². The number of hydrogen-bond acceptors (Lipinski definition) is 3. The van der Waals surface area contributed by atoms with E-state index in [-0.39, 0.29) is 12.3 Å². The Kier molecular flexibility index (Phi) is 4.06. The third-order valence-corrected chi connectivity index (χ3v) is 3.80. The van der Waals surface area contributed by atoms with Crippen molar-refractivity contribution in [1.82, 2.24) is 10.2 Å². The molecule has 0 aromatic heterocycles. The van der Waals surface area contributed by atoms with Crippen molar-refractivity contribution in [3.05, 3.63) is 30.3 Å². The van der Waals surface area contributed by atoms with Crippen molar-refractivity contribution in [2.75, 3.05) is 37.6 Å². The minimum Gasteiger partial charge on any atom is -0.427 e. The lowest BCUT2D eigenvalue weighted by Crippen LogP contribution is -2.50. The van der Waals surface area contributed by atoms with Crippen LogP contribution < -0.4 is 10.2 Å². The van der Waals surface area contributed by atoms with Gasteiger partial charge in [-0.15, -0.1) is 0 Å². The van der Waals surface area contributed by atoms with Crippen molar-refractivity contribution in [3.8, 4) is 0 Å². The Bertz CT molecular complexity index is 446. The second kappa shape index (κ2) is 6.13. The minimum absolute atomic E-state index is 0.217. The Morgan fingerprint density at radius 3 is 2.65 bits per heavy atom. The van der Waals surface area contributed by atoms with Gasteiger partial charge in [0.2, 0.25) is 0 Å². The first-order chi connectivity index (χ1) is 9.83. The topological polar surface area (TPSA) is 46.9 Å². The average molecular weight is 274 g/mol. The molecule has 0 bridgehead atoms. The van der Waals surface area contributed by atoms with E-state index in [0.717, 1.165) is 38.2 Å². The molecule has 1 aromatic rings. The van der Waals surface area contributed by atoms with Gasteiger partial charge in [0.25, 0.3) is 0 Å². The predicted octanol–water partition coefficient (Wildman–Crippen LogP) is 1.67. The third kappa shape index (κ3) is 3.04. The molecule has 5 nitrogen and oxygen atoms in total. The maximum Gasteiger partial charge on any atom is 0.411 e. The summed E-state index contributed by atoms with van der Waals surface area (Å²) < 4.78 is 5.51. The Morgan fingerprint density at radius 1 is 1.15 bits per heavy atom. The van der Waals surface area contributed by atoms with E-state index in [4.69, 9.17) is 4.74 Å². The maximum absolute atomic E-state index is 12.0. The molecule has 20 heavy (non-hydrogen) atoms. The normalized spacial score (nSPS) is 22.9. The molecule has 0 spiro atoms. The molecule has 2 aliphatic heterocycles. The van der Waals surface area contributed by atoms with Crippen molar-refractivity contribution in [2.24, 2.45) is 0 Å². The lowest BCUT2D eigenvalue weighted by Gasteiger charge is -2.34. The molecule has 0 N–H and O–H groups in total. The van der Waals surface area contributed by atoms with Gasteiger partial charge in [-0.05, 0) is 25.0 Å². The van der Waals surface area contributed by atoms with Gasteiger partial charge in [0.05, 0.1) is 6.54 Å². The van der Waals surface area contributed by atoms with Crippen LogP contribution in [0.3, 0.4) is 0 Å². The summed E-state index contributed by atoms with van der Waals surface area (Å²) in [5, 5.41) is 4.41. The number of ether oxygens (including phenoxy) is 1. The molecule has 1 aromatic carbocycles. The van der Waals surface area contributed by atoms with Gasteiger partial charge in [-0.2, -0.15) is 5.32 Å². The molecule has 107 valence electrons. The quantitative estimate of drug-likeness (QED) is 0.824. The van der Waals surface area contributed by atoms with E-state index in [1.54, 1.807) is 4.90 Å². The number of carbonyl (C=O) groups is 1. The summed E-state index contributed by atoms with van der Waals surface area (Å²) in [7, 11) is 0. The maximum atomic E-state index is 12.0. The zero-order valence-electron chi connectivity index (χ0n) is 11.6. The van der Waals surface area contributed by atoms with E-state index in [2.05, 4.69) is 22.3 Å². The van der Waals surface area contributed by atoms with Gasteiger partial charge in [-0.3, -0.25) is 0 Å². The molecule has 3 rings (SSSR count). The van der Waals surface area contributed by atoms with Gasteiger partial charge in [-0.1, -0.05) is 18.2 Å². The fraction of sp³-hybridized carbons (Fsp3) is 0.533. The largest absolute Gasteiger partial charge is 0.427 e. The molecule has 1 atom stereocenters. The highest BCUT2D eigenvalue weighted by molar-refractivity contribution is 5.68. The Hall–Kier alpha value is -1.75. The molecule has 0 aliphatic carbocycles. The van der Waals surface area contributed by atoms with Crippen LogP contribution in [0.25, 0.3) is 0 Å². The first kappa shape index (κ1) is 13.2. The predicted molar refractivity (Wildman–Crippen MR) is 76.7 cm³/mol. The van der Waals surface area contributed by atoms with E-state index in [1.807, 2.05) is 18.2 Å². The molecule has 1 radical (unpaired) electrons. The smallest absolute Gasteiger partial charge is 0.411 e. The molecule has 5 heteroatoms. The van der Waals surface area contributed by atoms with Crippen molar-refractivity contribution in [3.63, 3.8) is 0 Å². The van der Waals surface area contributed by atoms with E-state index < -0.39 is 0 Å². The molecular formula is C15H20N3O2. The van der Waals surface area contributed by atoms with Crippen LogP contribution in [0, 0.1) is 0 Å². The standard InChI is InChI=1S/C15H20N3O2/c19-15(17-9-4-5-10-17)20-14-12-18(11-8-16-14)13-6-2-1-3-7-13/h1-3,6-7,14H,4-5,8-12H2/t14-/m0/s1. The number of para-hydroxylation sites is 1. The molecule has 0 saturated carbocycles. The van der Waals surface area contributed by atoms with E-state index in [0.29, 0.717) is 13.1 Å². The summed E-state index contributed by atoms with van der Waals surface area (Å²) in [6, 6.07) is 10.2. The lowest BCUT2D eigenvalue weighted by atomic mass is 10.2. The summed E-state index contributed by atoms with van der Waals surface area (Å²) >= 11 is 0. The summed E-state index contributed by atoms with van der Waals surface area (Å²) in [5.41, 5.74) is 1.16. The zero-order chi connectivity index (χ0) is 13.8. The van der Waals surface area contributed by atoms with Gasteiger partial charge in [0.1, 0.15) is 0 Å². The summed E-state index contributed by atoms with van der Waals surface area (Å²) in [6.45, 7) is 3.85. The fourth-order valence-corrected chi connectivity index (χ4v) is 2.70. The first-order valence-corrected chi connectivity index (χ1v) is 7.25. The highest BCUT2D eigenvalue weighted by Crippen LogP contribution is 2.17. The number of hydrogen-bond donors (Lipinski definition) is 0. The molecular weight excluding hydrogens is 254 g/mol. The summed E-state index contributed by atoms with van der Waals surface area (Å²) in [5.74, 6) is 0. The second-order valence-corrected chi connectivity index (χ2v) is 5.22. The highest BCUT2D eigenvalue weighted by Gasteiger charge is 2.27. The van der Waals surface area contributed by atoms with E-state index in [9.17, 15) is 4.79 Å². The van der Waals surface area contributed by atoms with Crippen LogP contribution in [0.2, 0.25) is 0 Å². The zero-order valence-corrected chi connectivity index (χ0v) is 11.6. The highest BCUT2D eigenvalue weighted by atomic mass is 16.6. The monoisotopic (exact) mass is 274 g/mol. The molecule has 2 saturated heterocycles. The molecule has 2 fully saturated rings. The van der Waals surface area contributed by atoms with Gasteiger partial charge >= 0.3 is 6.09 Å². The first-order valence-electron chi connectivity index (χ1n) is 7.25. The van der Waals surface area contributed by atoms with Crippen LogP contribution >= 0.6 is 0 Å². The average Bonchev–Trinajstić information content (AvgIpc) is 3.03. The summed E-state index contributed by atoms with van der Waals surface area (Å²) in [4.78, 5) is 16.0. The number of likely N-dealkylation sites (tertiary alicyclic amines) is 1. The van der Waals surface area contributed by atoms with Crippen LogP contribution in [0.5, 0.6) is 0 Å². The van der Waals surface area contributed by atoms with Gasteiger partial charge < -0.3 is 14.5 Å². The molecule has 1 amide bonds. The Labute approximate surface area is 119 Å². The SMILES string of the molecule is O=C(O[C@H]1CN(c2ccccc2)CC[N]1)N1CCCC1. The van der Waals surface area contributed by atoms with Crippen molar-refractivity contribution in [2.45, 2.75) is 19.1 Å². The van der Waals surface area contributed by atoms with E-state index in [1.165, 1.54) is 0 Å². The Balaban J connectivity index is 1.56. The second-order valence-electron chi connectivity index (χ2n) is 5.22. The van der Waals surface area contributed by atoms with Crippen molar-refractivity contribution >= 4 is 11.8 Å². The van der Waals surface area contributed by atoms with Gasteiger partial charge in [-0.25, -0.2) is 4.79 Å². The van der Waals surface area contributed by atoms with Crippen LogP contribution in [-0.4, -0.2) is 49.9 Å². The number of benzene rings is 1. The summed E-state index contributed by atoms with van der Waals surface area (Å²) in [6.07, 6.45) is 1.59. The molecule has 2 heterocycles. The Morgan fingerprint density at radius 2 is 1.90 bits per heavy atom. The molecule has 0 unspecified atom stereocenters. The number of nitrogens with zero attached hydrogens (tertiary/aromatic N) is 3. The third-order valence-electron chi connectivity index (χ3n) is 3.80. The number of rotatable bonds is 2. The fourth-order valence-electron chi connectivity index (χ4n) is 2.70. The lowest BCUT2D eigenvalue weighted by molar-refractivity contribution is 0.0484. The van der Waals surface area contributed by atoms with Gasteiger partial charge in [0, 0.05) is 31.9 Å².